The molecule has 0 bridgehead atoms. The highest BCUT2D eigenvalue weighted by molar-refractivity contribution is 5.29. The van der Waals surface area contributed by atoms with Crippen molar-refractivity contribution in [3.05, 3.63) is 41.2 Å². The summed E-state index contributed by atoms with van der Waals surface area (Å²) in [5.74, 6) is 0.933. The number of alkyl halides is 1. The van der Waals surface area contributed by atoms with Gasteiger partial charge in [0.05, 0.1) is 6.04 Å². The minimum absolute atomic E-state index is 0.0752. The summed E-state index contributed by atoms with van der Waals surface area (Å²) < 4.78 is 33.1. The van der Waals surface area contributed by atoms with Gasteiger partial charge < -0.3 is 10.1 Å². The van der Waals surface area contributed by atoms with Crippen molar-refractivity contribution < 1.29 is 13.5 Å². The number of nitrogens with one attached hydrogen (secondary N) is 1. The highest BCUT2D eigenvalue weighted by Crippen LogP contribution is 2.21. The van der Waals surface area contributed by atoms with Crippen LogP contribution in [0.15, 0.2) is 18.2 Å². The number of benzene rings is 1. The lowest BCUT2D eigenvalue weighted by molar-refractivity contribution is 0.205. The van der Waals surface area contributed by atoms with Crippen molar-refractivity contribution in [3.63, 3.8) is 0 Å². The number of nitrogens with zero attached hydrogens (tertiary/aromatic N) is 3. The molecular weight excluding hydrogens is 314 g/mol. The van der Waals surface area contributed by atoms with Gasteiger partial charge >= 0.3 is 0 Å². The van der Waals surface area contributed by atoms with Gasteiger partial charge in [0.25, 0.3) is 0 Å². The Balaban J connectivity index is 2.00. The molecular formula is C17H22F2N4O. The zero-order valence-corrected chi connectivity index (χ0v) is 14.5. The minimum atomic E-state index is -1.65. The third-order valence-electron chi connectivity index (χ3n) is 3.30. The van der Waals surface area contributed by atoms with Crippen LogP contribution in [0, 0.1) is 19.7 Å². The Morgan fingerprint density at radius 3 is 2.54 bits per heavy atom. The van der Waals surface area contributed by atoms with Crippen molar-refractivity contribution in [1.82, 2.24) is 15.0 Å². The summed E-state index contributed by atoms with van der Waals surface area (Å²) in [4.78, 5) is 12.3. The van der Waals surface area contributed by atoms with Crippen molar-refractivity contribution in [3.8, 4) is 5.75 Å². The van der Waals surface area contributed by atoms with Gasteiger partial charge in [-0.2, -0.15) is 9.97 Å². The molecule has 7 heteroatoms. The first-order chi connectivity index (χ1) is 11.1. The van der Waals surface area contributed by atoms with Gasteiger partial charge in [0.1, 0.15) is 24.0 Å². The molecule has 0 aliphatic heterocycles. The van der Waals surface area contributed by atoms with Crippen LogP contribution >= 0.6 is 0 Å². The van der Waals surface area contributed by atoms with Gasteiger partial charge in [-0.25, -0.2) is 13.8 Å². The van der Waals surface area contributed by atoms with Crippen LogP contribution in [-0.2, 0) is 5.67 Å². The Morgan fingerprint density at radius 2 is 1.92 bits per heavy atom. The van der Waals surface area contributed by atoms with Gasteiger partial charge in [-0.1, -0.05) is 6.07 Å². The third-order valence-corrected chi connectivity index (χ3v) is 3.30. The zero-order valence-electron chi connectivity index (χ0n) is 14.5. The van der Waals surface area contributed by atoms with Gasteiger partial charge in [-0.05, 0) is 46.2 Å². The van der Waals surface area contributed by atoms with Crippen molar-refractivity contribution in [2.45, 2.75) is 46.3 Å². The first-order valence-electron chi connectivity index (χ1n) is 7.72. The predicted molar refractivity (Wildman–Crippen MR) is 88.4 cm³/mol. The molecule has 1 unspecified atom stereocenters. The number of halogens is 2. The molecule has 0 radical (unpaired) electrons. The van der Waals surface area contributed by atoms with Gasteiger partial charge in [0.15, 0.2) is 11.5 Å². The molecule has 0 aliphatic carbocycles. The Hall–Kier alpha value is -2.31. The van der Waals surface area contributed by atoms with E-state index in [1.165, 1.54) is 19.9 Å². The second-order valence-corrected chi connectivity index (χ2v) is 6.27. The fourth-order valence-corrected chi connectivity index (χ4v) is 1.96. The summed E-state index contributed by atoms with van der Waals surface area (Å²) in [5, 5.41) is 3.04. The molecule has 2 aromatic rings. The highest BCUT2D eigenvalue weighted by atomic mass is 19.1. The van der Waals surface area contributed by atoms with Crippen LogP contribution in [0.5, 0.6) is 5.75 Å². The molecule has 1 aromatic heterocycles. The summed E-state index contributed by atoms with van der Waals surface area (Å²) in [7, 11) is 0. The second-order valence-electron chi connectivity index (χ2n) is 6.27. The predicted octanol–water partition coefficient (Wildman–Crippen LogP) is 3.71. The maximum absolute atomic E-state index is 14.0. The molecule has 0 saturated heterocycles. The minimum Gasteiger partial charge on any atom is -0.491 e. The molecule has 1 N–H and O–H groups in total. The molecule has 0 amide bonds. The molecule has 5 nitrogen and oxygen atoms in total. The Kier molecular flexibility index (Phi) is 5.31. The van der Waals surface area contributed by atoms with Crippen molar-refractivity contribution >= 4 is 5.95 Å². The first kappa shape index (κ1) is 18.0. The van der Waals surface area contributed by atoms with E-state index in [4.69, 9.17) is 4.74 Å². The largest absolute Gasteiger partial charge is 0.491 e. The van der Waals surface area contributed by atoms with E-state index in [0.717, 1.165) is 0 Å². The maximum atomic E-state index is 14.0. The maximum Gasteiger partial charge on any atom is 0.226 e. The van der Waals surface area contributed by atoms with E-state index < -0.39 is 5.67 Å². The smallest absolute Gasteiger partial charge is 0.226 e. The number of aromatic nitrogens is 3. The average molecular weight is 336 g/mol. The van der Waals surface area contributed by atoms with Crippen LogP contribution in [0.25, 0.3) is 0 Å². The fourth-order valence-electron chi connectivity index (χ4n) is 1.96. The topological polar surface area (TPSA) is 59.9 Å². The van der Waals surface area contributed by atoms with Gasteiger partial charge in [0.2, 0.25) is 5.95 Å². The van der Waals surface area contributed by atoms with Gasteiger partial charge in [0, 0.05) is 6.07 Å². The number of rotatable bonds is 6. The first-order valence-corrected chi connectivity index (χ1v) is 7.72. The normalized spacial score (nSPS) is 12.8. The molecule has 130 valence electrons. The molecule has 2 rings (SSSR count). The molecule has 0 spiro atoms. The molecule has 1 aromatic carbocycles. The lowest BCUT2D eigenvalue weighted by atomic mass is 10.1. The van der Waals surface area contributed by atoms with E-state index >= 15 is 0 Å². The van der Waals surface area contributed by atoms with E-state index in [-0.39, 0.29) is 30.2 Å². The number of aryl methyl sites for hydroxylation is 2. The number of hydrogen-bond acceptors (Lipinski definition) is 5. The standard InChI is InChI=1S/C17H22F2N4O/c1-10-6-7-13(8-14(10)18)24-9-11(2)20-16-22-12(3)21-15(23-16)17(4,5)19/h6-8,11H,9H2,1-5H3,(H,20,21,22,23). The van der Waals surface area contributed by atoms with Crippen LogP contribution in [-0.4, -0.2) is 27.6 Å². The number of hydrogen-bond donors (Lipinski definition) is 1. The SMILES string of the molecule is Cc1nc(NC(C)COc2ccc(C)c(F)c2)nc(C(C)(C)F)n1. The van der Waals surface area contributed by atoms with E-state index in [2.05, 4.69) is 20.3 Å². The van der Waals surface area contributed by atoms with Gasteiger partial charge in [-0.15, -0.1) is 0 Å². The van der Waals surface area contributed by atoms with Crippen LogP contribution < -0.4 is 10.1 Å². The molecule has 24 heavy (non-hydrogen) atoms. The average Bonchev–Trinajstić information content (AvgIpc) is 2.47. The fraction of sp³-hybridized carbons (Fsp3) is 0.471. The quantitative estimate of drug-likeness (QED) is 0.871. The second kappa shape index (κ2) is 7.07. The van der Waals surface area contributed by atoms with Crippen LogP contribution in [0.1, 0.15) is 38.0 Å². The lowest BCUT2D eigenvalue weighted by Crippen LogP contribution is -2.26. The van der Waals surface area contributed by atoms with Crippen molar-refractivity contribution in [1.29, 1.82) is 0 Å². The highest BCUT2D eigenvalue weighted by Gasteiger charge is 2.24. The van der Waals surface area contributed by atoms with Crippen molar-refractivity contribution in [2.75, 3.05) is 11.9 Å². The number of anilines is 1. The Morgan fingerprint density at radius 1 is 1.21 bits per heavy atom. The zero-order chi connectivity index (χ0) is 17.9. The van der Waals surface area contributed by atoms with Crippen molar-refractivity contribution in [2.24, 2.45) is 0 Å². The molecule has 1 atom stereocenters. The van der Waals surface area contributed by atoms with E-state index in [9.17, 15) is 8.78 Å². The summed E-state index contributed by atoms with van der Waals surface area (Å²) in [5.41, 5.74) is -1.08. The lowest BCUT2D eigenvalue weighted by Gasteiger charge is -2.18. The summed E-state index contributed by atoms with van der Waals surface area (Å²) >= 11 is 0. The molecule has 1 heterocycles. The molecule has 0 aliphatic rings. The van der Waals surface area contributed by atoms with E-state index in [1.54, 1.807) is 26.0 Å². The Labute approximate surface area is 140 Å². The summed E-state index contributed by atoms with van der Waals surface area (Å²) in [6, 6.07) is 4.56. The van der Waals surface area contributed by atoms with Crippen LogP contribution in [0.2, 0.25) is 0 Å². The third kappa shape index (κ3) is 4.84. The summed E-state index contributed by atoms with van der Waals surface area (Å²) in [6.07, 6.45) is 0. The van der Waals surface area contributed by atoms with Gasteiger partial charge in [-0.3, -0.25) is 0 Å². The molecule has 0 saturated carbocycles. The van der Waals surface area contributed by atoms with Crippen LogP contribution in [0.3, 0.4) is 0 Å². The Bertz CT molecular complexity index is 716. The monoisotopic (exact) mass is 336 g/mol. The molecule has 0 fully saturated rings. The summed E-state index contributed by atoms with van der Waals surface area (Å²) in [6.45, 7) is 8.30. The number of ether oxygens (including phenoxy) is 1. The van der Waals surface area contributed by atoms with E-state index in [0.29, 0.717) is 17.1 Å². The van der Waals surface area contributed by atoms with E-state index in [1.807, 2.05) is 6.92 Å². The van der Waals surface area contributed by atoms with Crippen LogP contribution in [0.4, 0.5) is 14.7 Å².